The van der Waals surface area contributed by atoms with Crippen molar-refractivity contribution in [1.82, 2.24) is 15.3 Å². The maximum atomic E-state index is 12.0. The van der Waals surface area contributed by atoms with Gasteiger partial charge in [-0.25, -0.2) is 9.97 Å². The molecule has 1 fully saturated rings. The number of hydrogen-bond donors (Lipinski definition) is 1. The monoisotopic (exact) mass is 274 g/mol. The van der Waals surface area contributed by atoms with Gasteiger partial charge in [-0.15, -0.1) is 11.8 Å². The van der Waals surface area contributed by atoms with Crippen LogP contribution in [0, 0.1) is 0 Å². The SMILES string of the molecule is C=C1CSC(C2=CN(c3cncnc3)CC2)C(=O)N1. The standard InChI is InChI=1S/C13H14N4OS/c1-9-7-19-12(13(18)16-9)10-2-3-17(6-10)11-4-14-8-15-5-11/h4-6,8,12H,1-3,7H2,(H,16,18). The second kappa shape index (κ2) is 5.05. The third kappa shape index (κ3) is 2.49. The Morgan fingerprint density at radius 3 is 2.95 bits per heavy atom. The molecule has 1 atom stereocenters. The van der Waals surface area contributed by atoms with E-state index in [0.717, 1.165) is 35.7 Å². The Morgan fingerprint density at radius 2 is 2.21 bits per heavy atom. The summed E-state index contributed by atoms with van der Waals surface area (Å²) in [6.45, 7) is 4.66. The summed E-state index contributed by atoms with van der Waals surface area (Å²) >= 11 is 1.64. The molecule has 2 aliphatic heterocycles. The van der Waals surface area contributed by atoms with Gasteiger partial charge in [-0.05, 0) is 12.0 Å². The lowest BCUT2D eigenvalue weighted by Gasteiger charge is -2.23. The van der Waals surface area contributed by atoms with Crippen molar-refractivity contribution in [3.63, 3.8) is 0 Å². The fourth-order valence-electron chi connectivity index (χ4n) is 2.23. The molecule has 1 aromatic rings. The second-order valence-electron chi connectivity index (χ2n) is 4.53. The van der Waals surface area contributed by atoms with E-state index in [4.69, 9.17) is 0 Å². The maximum Gasteiger partial charge on any atom is 0.241 e. The summed E-state index contributed by atoms with van der Waals surface area (Å²) in [5.41, 5.74) is 2.90. The molecule has 1 N–H and O–H groups in total. The summed E-state index contributed by atoms with van der Waals surface area (Å²) in [6.07, 6.45) is 8.02. The van der Waals surface area contributed by atoms with Crippen LogP contribution in [-0.4, -0.2) is 33.4 Å². The third-order valence-corrected chi connectivity index (χ3v) is 4.51. The quantitative estimate of drug-likeness (QED) is 0.881. The highest BCUT2D eigenvalue weighted by Gasteiger charge is 2.30. The number of anilines is 1. The van der Waals surface area contributed by atoms with Crippen LogP contribution >= 0.6 is 11.8 Å². The topological polar surface area (TPSA) is 58.1 Å². The minimum atomic E-state index is -0.0971. The second-order valence-corrected chi connectivity index (χ2v) is 5.62. The first-order valence-corrected chi connectivity index (χ1v) is 7.11. The number of carbonyl (C=O) groups is 1. The van der Waals surface area contributed by atoms with Crippen LogP contribution in [0.15, 0.2) is 42.8 Å². The van der Waals surface area contributed by atoms with E-state index in [1.807, 2.05) is 6.20 Å². The van der Waals surface area contributed by atoms with Crippen LogP contribution < -0.4 is 10.2 Å². The molecule has 0 saturated carbocycles. The Kier molecular flexibility index (Phi) is 3.25. The number of hydrogen-bond acceptors (Lipinski definition) is 5. The Hall–Kier alpha value is -1.82. The first-order chi connectivity index (χ1) is 9.24. The molecular weight excluding hydrogens is 260 g/mol. The highest BCUT2D eigenvalue weighted by molar-refractivity contribution is 8.01. The van der Waals surface area contributed by atoms with Crippen molar-refractivity contribution in [2.24, 2.45) is 0 Å². The molecule has 1 saturated heterocycles. The molecule has 0 radical (unpaired) electrons. The number of carbonyl (C=O) groups excluding carboxylic acids is 1. The molecule has 2 aliphatic rings. The molecule has 19 heavy (non-hydrogen) atoms. The molecule has 0 spiro atoms. The smallest absolute Gasteiger partial charge is 0.241 e. The fourth-order valence-corrected chi connectivity index (χ4v) is 3.27. The van der Waals surface area contributed by atoms with Gasteiger partial charge in [0.1, 0.15) is 11.6 Å². The van der Waals surface area contributed by atoms with Crippen LogP contribution in [-0.2, 0) is 4.79 Å². The van der Waals surface area contributed by atoms with Crippen molar-refractivity contribution in [2.45, 2.75) is 11.7 Å². The maximum absolute atomic E-state index is 12.0. The van der Waals surface area contributed by atoms with Gasteiger partial charge in [0.25, 0.3) is 0 Å². The molecule has 1 aromatic heterocycles. The van der Waals surface area contributed by atoms with Gasteiger partial charge in [-0.2, -0.15) is 0 Å². The first kappa shape index (κ1) is 12.2. The summed E-state index contributed by atoms with van der Waals surface area (Å²) in [5.74, 6) is 0.820. The Morgan fingerprint density at radius 1 is 1.42 bits per heavy atom. The van der Waals surface area contributed by atoms with E-state index in [-0.39, 0.29) is 11.2 Å². The summed E-state index contributed by atoms with van der Waals surface area (Å²) < 4.78 is 0. The van der Waals surface area contributed by atoms with E-state index in [9.17, 15) is 4.79 Å². The van der Waals surface area contributed by atoms with Crippen LogP contribution in [0.5, 0.6) is 0 Å². The number of nitrogens with one attached hydrogen (secondary N) is 1. The Labute approximate surface area is 115 Å². The lowest BCUT2D eigenvalue weighted by molar-refractivity contribution is -0.119. The fraction of sp³-hybridized carbons (Fsp3) is 0.308. The van der Waals surface area contributed by atoms with Gasteiger partial charge < -0.3 is 10.2 Å². The highest BCUT2D eigenvalue weighted by Crippen LogP contribution is 2.31. The number of amides is 1. The van der Waals surface area contributed by atoms with E-state index >= 15 is 0 Å². The molecule has 1 unspecified atom stereocenters. The molecule has 98 valence electrons. The van der Waals surface area contributed by atoms with Gasteiger partial charge in [0.2, 0.25) is 5.91 Å². The van der Waals surface area contributed by atoms with Crippen LogP contribution in [0.25, 0.3) is 0 Å². The summed E-state index contributed by atoms with van der Waals surface area (Å²) in [6, 6.07) is 0. The zero-order valence-electron chi connectivity index (χ0n) is 10.4. The van der Waals surface area contributed by atoms with Crippen molar-refractivity contribution < 1.29 is 4.79 Å². The minimum Gasteiger partial charge on any atom is -0.345 e. The lowest BCUT2D eigenvalue weighted by Crippen LogP contribution is -2.38. The number of aromatic nitrogens is 2. The highest BCUT2D eigenvalue weighted by atomic mass is 32.2. The third-order valence-electron chi connectivity index (χ3n) is 3.14. The predicted molar refractivity (Wildman–Crippen MR) is 75.6 cm³/mol. The number of rotatable bonds is 2. The van der Waals surface area contributed by atoms with Gasteiger partial charge in [-0.3, -0.25) is 4.79 Å². The molecule has 1 amide bonds. The van der Waals surface area contributed by atoms with E-state index in [0.29, 0.717) is 0 Å². The molecule has 6 heteroatoms. The van der Waals surface area contributed by atoms with Crippen LogP contribution in [0.4, 0.5) is 5.69 Å². The minimum absolute atomic E-state index is 0.0404. The first-order valence-electron chi connectivity index (χ1n) is 6.06. The molecule has 3 rings (SSSR count). The van der Waals surface area contributed by atoms with Crippen LogP contribution in [0.1, 0.15) is 6.42 Å². The van der Waals surface area contributed by atoms with Crippen molar-refractivity contribution in [1.29, 1.82) is 0 Å². The predicted octanol–water partition coefficient (Wildman–Crippen LogP) is 1.32. The normalized spacial score (nSPS) is 23.3. The molecular formula is C13H14N4OS. The van der Waals surface area contributed by atoms with Crippen LogP contribution in [0.3, 0.4) is 0 Å². The average Bonchev–Trinajstić information content (AvgIpc) is 2.89. The van der Waals surface area contributed by atoms with E-state index in [1.165, 1.54) is 6.33 Å². The van der Waals surface area contributed by atoms with Gasteiger partial charge in [0.05, 0.1) is 18.1 Å². The molecule has 0 bridgehead atoms. The molecule has 0 aromatic carbocycles. The zero-order chi connectivity index (χ0) is 13.2. The largest absolute Gasteiger partial charge is 0.345 e. The van der Waals surface area contributed by atoms with Gasteiger partial charge in [0, 0.05) is 24.2 Å². The van der Waals surface area contributed by atoms with E-state index in [2.05, 4.69) is 26.8 Å². The average molecular weight is 274 g/mol. The van der Waals surface area contributed by atoms with Gasteiger partial charge >= 0.3 is 0 Å². The summed E-state index contributed by atoms with van der Waals surface area (Å²) in [5, 5.41) is 2.73. The molecule has 3 heterocycles. The van der Waals surface area contributed by atoms with Crippen LogP contribution in [0.2, 0.25) is 0 Å². The lowest BCUT2D eigenvalue weighted by atomic mass is 10.1. The van der Waals surface area contributed by atoms with Crippen molar-refractivity contribution in [3.05, 3.63) is 42.8 Å². The van der Waals surface area contributed by atoms with E-state index < -0.39 is 0 Å². The van der Waals surface area contributed by atoms with Gasteiger partial charge in [0.15, 0.2) is 0 Å². The van der Waals surface area contributed by atoms with Gasteiger partial charge in [-0.1, -0.05) is 6.58 Å². The number of thioether (sulfide) groups is 1. The Balaban J connectivity index is 1.76. The van der Waals surface area contributed by atoms with Crippen molar-refractivity contribution >= 4 is 23.4 Å². The van der Waals surface area contributed by atoms with Crippen molar-refractivity contribution in [2.75, 3.05) is 17.2 Å². The zero-order valence-corrected chi connectivity index (χ0v) is 11.2. The van der Waals surface area contributed by atoms with E-state index in [1.54, 1.807) is 24.2 Å². The van der Waals surface area contributed by atoms with Crippen molar-refractivity contribution in [3.8, 4) is 0 Å². The summed E-state index contributed by atoms with van der Waals surface area (Å²) in [4.78, 5) is 22.1. The summed E-state index contributed by atoms with van der Waals surface area (Å²) in [7, 11) is 0. The number of nitrogens with zero attached hydrogens (tertiary/aromatic N) is 3. The molecule has 0 aliphatic carbocycles. The molecule has 5 nitrogen and oxygen atoms in total. The Bertz CT molecular complexity index is 543.